The van der Waals surface area contributed by atoms with Crippen molar-refractivity contribution in [1.29, 1.82) is 0 Å². The van der Waals surface area contributed by atoms with E-state index in [2.05, 4.69) is 311 Å². The van der Waals surface area contributed by atoms with E-state index in [4.69, 9.17) is 0 Å². The topological polar surface area (TPSA) is 13.0 Å². The van der Waals surface area contributed by atoms with Crippen LogP contribution in [0.2, 0.25) is 0 Å². The average Bonchev–Trinajstić information content (AvgIpc) is 3.48. The van der Waals surface area contributed by atoms with Gasteiger partial charge in [-0.3, -0.25) is 0 Å². The molecule has 0 heterocycles. The number of hydrogen-bond donors (Lipinski definition) is 0. The van der Waals surface area contributed by atoms with Gasteiger partial charge in [-0.05, 0) is 179 Å². The van der Waals surface area contributed by atoms with Gasteiger partial charge in [0.2, 0.25) is 0 Å². The first-order valence-corrected chi connectivity index (χ1v) is 25.5. The van der Waals surface area contributed by atoms with Crippen LogP contribution in [0.25, 0.3) is 32.7 Å². The molecule has 4 heteroatoms. The first-order valence-electron chi connectivity index (χ1n) is 25.5. The van der Waals surface area contributed by atoms with Crippen molar-refractivity contribution in [3.63, 3.8) is 0 Å². The fraction of sp³-hybridized carbons (Fsp3) is 0.0286. The van der Waals surface area contributed by atoms with Gasteiger partial charge in [-0.15, -0.1) is 0 Å². The van der Waals surface area contributed by atoms with Crippen molar-refractivity contribution in [2.24, 2.45) is 0 Å². The lowest BCUT2D eigenvalue weighted by atomic mass is 9.85. The third-order valence-electron chi connectivity index (χ3n) is 14.5. The summed E-state index contributed by atoms with van der Waals surface area (Å²) in [6.07, 6.45) is 1.89. The Kier molecular flexibility index (Phi) is 11.7. The maximum Gasteiger partial charge on any atom is 0.0540 e. The predicted octanol–water partition coefficient (Wildman–Crippen LogP) is 19.6. The second-order valence-electron chi connectivity index (χ2n) is 18.9. The molecule has 12 aromatic rings. The molecule has 0 saturated carbocycles. The highest BCUT2D eigenvalue weighted by Crippen LogP contribution is 2.46. The van der Waals surface area contributed by atoms with Crippen LogP contribution in [0.4, 0.5) is 68.2 Å². The van der Waals surface area contributed by atoms with Crippen LogP contribution in [0.15, 0.2) is 291 Å². The third-order valence-corrected chi connectivity index (χ3v) is 14.5. The first kappa shape index (κ1) is 44.3. The lowest BCUT2D eigenvalue weighted by molar-refractivity contribution is 0.940. The van der Waals surface area contributed by atoms with Crippen LogP contribution in [0.1, 0.15) is 11.1 Å². The summed E-state index contributed by atoms with van der Waals surface area (Å²) >= 11 is 0. The summed E-state index contributed by atoms with van der Waals surface area (Å²) in [6.45, 7) is 0. The largest absolute Gasteiger partial charge is 0.310 e. The molecule has 0 atom stereocenters. The number of para-hydroxylation sites is 4. The van der Waals surface area contributed by atoms with Crippen LogP contribution >= 0.6 is 0 Å². The van der Waals surface area contributed by atoms with E-state index in [9.17, 15) is 0 Å². The molecule has 4 nitrogen and oxygen atoms in total. The van der Waals surface area contributed by atoms with Gasteiger partial charge in [0, 0.05) is 67.6 Å². The number of rotatable bonds is 12. The summed E-state index contributed by atoms with van der Waals surface area (Å²) in [7, 11) is 0. The Morgan fingerprint density at radius 3 is 0.838 bits per heavy atom. The van der Waals surface area contributed by atoms with Gasteiger partial charge in [0.25, 0.3) is 0 Å². The Balaban J connectivity index is 0.831. The lowest BCUT2D eigenvalue weighted by Gasteiger charge is -2.31. The first-order chi connectivity index (χ1) is 36.7. The minimum atomic E-state index is 0.946. The molecule has 0 fully saturated rings. The summed E-state index contributed by atoms with van der Waals surface area (Å²) in [6, 6.07) is 105. The average molecular weight is 949 g/mol. The molecule has 13 rings (SSSR count). The molecular weight excluding hydrogens is 897 g/mol. The van der Waals surface area contributed by atoms with E-state index >= 15 is 0 Å². The van der Waals surface area contributed by atoms with Gasteiger partial charge in [0.15, 0.2) is 0 Å². The highest BCUT2D eigenvalue weighted by atomic mass is 15.2. The Morgan fingerprint density at radius 2 is 0.473 bits per heavy atom. The number of hydrogen-bond acceptors (Lipinski definition) is 4. The Bertz CT molecular complexity index is 3630. The van der Waals surface area contributed by atoms with Crippen molar-refractivity contribution in [2.45, 2.75) is 12.8 Å². The van der Waals surface area contributed by atoms with E-state index < -0.39 is 0 Å². The fourth-order valence-electron chi connectivity index (χ4n) is 11.0. The van der Waals surface area contributed by atoms with Crippen LogP contribution < -0.4 is 19.6 Å². The summed E-state index contributed by atoms with van der Waals surface area (Å²) in [5, 5.41) is 4.86. The molecule has 0 bridgehead atoms. The molecule has 1 aliphatic rings. The van der Waals surface area contributed by atoms with Crippen LogP contribution in [0, 0.1) is 0 Å². The molecule has 1 aliphatic carbocycles. The highest BCUT2D eigenvalue weighted by Gasteiger charge is 2.24. The number of benzene rings is 12. The van der Waals surface area contributed by atoms with Gasteiger partial charge < -0.3 is 19.6 Å². The molecule has 0 saturated heterocycles. The SMILES string of the molecule is c1ccc(N(c2ccc(N(c3ccccc3)c3cccc4ccccc34)cc2)c2ccc3c(c2)CCc2cc(N(c4ccccc4)c4ccc(N(c5ccccc5)c5cccc6ccccc56)cc4)ccc2-3)cc1. The zero-order valence-corrected chi connectivity index (χ0v) is 40.9. The monoisotopic (exact) mass is 948 g/mol. The Hall–Kier alpha value is -9.64. The molecule has 352 valence electrons. The molecule has 0 aromatic heterocycles. The predicted molar refractivity (Wildman–Crippen MR) is 313 cm³/mol. The Labute approximate surface area is 433 Å². The molecule has 0 aliphatic heterocycles. The van der Waals surface area contributed by atoms with Crippen molar-refractivity contribution in [3.05, 3.63) is 302 Å². The minimum Gasteiger partial charge on any atom is -0.310 e. The van der Waals surface area contributed by atoms with Gasteiger partial charge in [-0.1, -0.05) is 158 Å². The molecule has 0 radical (unpaired) electrons. The normalized spacial score (nSPS) is 11.7. The number of nitrogens with zero attached hydrogens (tertiary/aromatic N) is 4. The number of aryl methyl sites for hydroxylation is 2. The molecule has 0 N–H and O–H groups in total. The van der Waals surface area contributed by atoms with Crippen molar-refractivity contribution in [2.75, 3.05) is 19.6 Å². The maximum absolute atomic E-state index is 2.41. The van der Waals surface area contributed by atoms with Crippen molar-refractivity contribution in [3.8, 4) is 11.1 Å². The van der Waals surface area contributed by atoms with Gasteiger partial charge in [-0.2, -0.15) is 0 Å². The van der Waals surface area contributed by atoms with E-state index in [1.54, 1.807) is 0 Å². The summed E-state index contributed by atoms with van der Waals surface area (Å²) in [5.74, 6) is 0. The smallest absolute Gasteiger partial charge is 0.0540 e. The van der Waals surface area contributed by atoms with Gasteiger partial charge in [-0.25, -0.2) is 0 Å². The molecule has 0 unspecified atom stereocenters. The van der Waals surface area contributed by atoms with Crippen molar-refractivity contribution in [1.82, 2.24) is 0 Å². The van der Waals surface area contributed by atoms with Crippen LogP contribution in [0.3, 0.4) is 0 Å². The van der Waals surface area contributed by atoms with Gasteiger partial charge >= 0.3 is 0 Å². The third kappa shape index (κ3) is 8.38. The maximum atomic E-state index is 2.41. The standard InChI is InChI=1S/C70H52N4/c1-5-23-55(24-6-1)71(59-37-41-61(42-38-59)73(57-27-9-3-10-28-57)69-33-17-21-51-19-13-15-31-67(51)69)63-45-47-65-53(49-63)35-36-54-50-64(46-48-66(54)65)72(56-25-7-2-8-26-56)60-39-43-62(44-40-60)74(58-29-11-4-12-30-58)70-34-18-22-52-20-14-16-32-68(52)70/h1-34,37-50H,35-36H2. The lowest BCUT2D eigenvalue weighted by Crippen LogP contribution is -2.14. The van der Waals surface area contributed by atoms with E-state index in [0.717, 1.165) is 81.1 Å². The highest BCUT2D eigenvalue weighted by molar-refractivity contribution is 6.00. The number of fused-ring (bicyclic) bond motifs is 5. The fourth-order valence-corrected chi connectivity index (χ4v) is 11.0. The number of anilines is 12. The second kappa shape index (κ2) is 19.5. The summed E-state index contributed by atoms with van der Waals surface area (Å²) < 4.78 is 0. The van der Waals surface area contributed by atoms with E-state index in [0.29, 0.717) is 0 Å². The second-order valence-corrected chi connectivity index (χ2v) is 18.9. The molecule has 0 spiro atoms. The van der Waals surface area contributed by atoms with Crippen LogP contribution in [0.5, 0.6) is 0 Å². The van der Waals surface area contributed by atoms with Crippen molar-refractivity contribution >= 4 is 89.8 Å². The minimum absolute atomic E-state index is 0.946. The molecule has 74 heavy (non-hydrogen) atoms. The quantitative estimate of drug-likeness (QED) is 0.121. The Morgan fingerprint density at radius 1 is 0.203 bits per heavy atom. The summed E-state index contributed by atoms with van der Waals surface area (Å²) in [4.78, 5) is 9.50. The van der Waals surface area contributed by atoms with Gasteiger partial charge in [0.05, 0.1) is 11.4 Å². The van der Waals surface area contributed by atoms with Crippen LogP contribution in [-0.2, 0) is 12.8 Å². The molecule has 0 amide bonds. The van der Waals surface area contributed by atoms with Crippen LogP contribution in [-0.4, -0.2) is 0 Å². The van der Waals surface area contributed by atoms with E-state index in [1.165, 1.54) is 43.8 Å². The molecular formula is C70H52N4. The zero-order valence-electron chi connectivity index (χ0n) is 40.9. The molecule has 12 aromatic carbocycles. The summed E-state index contributed by atoms with van der Waals surface area (Å²) in [5.41, 5.74) is 18.7. The van der Waals surface area contributed by atoms with E-state index in [-0.39, 0.29) is 0 Å². The zero-order chi connectivity index (χ0) is 49.2. The van der Waals surface area contributed by atoms with Crippen molar-refractivity contribution < 1.29 is 0 Å². The van der Waals surface area contributed by atoms with E-state index in [1.807, 2.05) is 0 Å². The van der Waals surface area contributed by atoms with Gasteiger partial charge in [0.1, 0.15) is 0 Å².